The molecule has 7 aromatic rings. The zero-order valence-corrected chi connectivity index (χ0v) is 74.0. The van der Waals surface area contributed by atoms with Crippen molar-refractivity contribution in [2.75, 3.05) is 65.2 Å². The summed E-state index contributed by atoms with van der Waals surface area (Å²) in [4.78, 5) is 37.0. The first-order chi connectivity index (χ1) is 51.1. The average Bonchev–Trinajstić information content (AvgIpc) is 0.873. The first-order valence-electron chi connectivity index (χ1n) is 37.2. The van der Waals surface area contributed by atoms with Gasteiger partial charge in [0.2, 0.25) is 5.13 Å². The molecular formula is C79H115N7O16S6Si2. The number of ketones is 2. The Bertz CT molecular complexity index is 4430. The zero-order valence-electron chi connectivity index (χ0n) is 67.1. The Morgan fingerprint density at radius 1 is 0.418 bits per heavy atom. The van der Waals surface area contributed by atoms with Crippen molar-refractivity contribution >= 4 is 124 Å². The summed E-state index contributed by atoms with van der Waals surface area (Å²) >= 11 is 4.03. The second-order valence-corrected chi connectivity index (χ2v) is 53.8. The molecule has 3 saturated heterocycles. The molecule has 3 aromatic heterocycles. The Labute approximate surface area is 666 Å². The predicted molar refractivity (Wildman–Crippen MR) is 443 cm³/mol. The third-order valence-corrected chi connectivity index (χ3v) is 43.7. The van der Waals surface area contributed by atoms with E-state index in [0.29, 0.717) is 112 Å². The van der Waals surface area contributed by atoms with Crippen LogP contribution in [0.4, 0.5) is 5.13 Å². The molecule has 0 spiro atoms. The van der Waals surface area contributed by atoms with Gasteiger partial charge in [0.05, 0.1) is 35.2 Å². The number of aliphatic hydroxyl groups is 1. The number of nitrogens with zero attached hydrogens (tertiary/aromatic N) is 6. The second kappa shape index (κ2) is 36.8. The molecule has 0 aliphatic carbocycles. The number of Topliss-reactive ketones (excluding diaryl/α,β-unsaturated/α-hetero) is 2. The lowest BCUT2D eigenvalue weighted by molar-refractivity contribution is -0.139. The highest BCUT2D eigenvalue weighted by Gasteiger charge is 2.54. The SMILES string of the molecule is CC(C)(C(=O)O)S(=O)(=O)C1CCOCC1.CC(C)(CO)c1nnc(CC(=O)C(C)(C)S(=O)(=O)C2CCOCC2)s1.CC(C)(CO[Si](c1ccccc1)(c1ccccc1)C(C)(C)C)c1nnc(CC(=O)C(C)(C)S(=O)(=O)C2CCOCC2)s1.CC(C)(CO[Si](c1ccccc1)(c1ccccc1)C(C)(C)C)c1nnc(N)s1. The number of benzene rings is 4. The number of carbonyl (C=O) groups excluding carboxylic acids is 2. The highest BCUT2D eigenvalue weighted by atomic mass is 32.2. The van der Waals surface area contributed by atoms with Gasteiger partial charge in [-0.2, -0.15) is 0 Å². The van der Waals surface area contributed by atoms with Crippen molar-refractivity contribution in [2.45, 2.75) is 232 Å². The molecule has 23 nitrogen and oxygen atoms in total. The fourth-order valence-corrected chi connectivity index (χ4v) is 31.3. The number of nitrogen functional groups attached to an aromatic ring is 1. The first kappa shape index (κ1) is 91.4. The van der Waals surface area contributed by atoms with E-state index >= 15 is 0 Å². The highest BCUT2D eigenvalue weighted by molar-refractivity contribution is 7.94. The highest BCUT2D eigenvalue weighted by Crippen LogP contribution is 2.42. The van der Waals surface area contributed by atoms with E-state index in [1.165, 1.54) is 96.3 Å². The van der Waals surface area contributed by atoms with Gasteiger partial charge in [-0.3, -0.25) is 14.4 Å². The minimum absolute atomic E-state index is 0.0497. The molecule has 606 valence electrons. The fraction of sp³-hybridized carbons (Fsp3) is 0.582. The van der Waals surface area contributed by atoms with Gasteiger partial charge in [-0.1, -0.05) is 216 Å². The van der Waals surface area contributed by atoms with Crippen LogP contribution in [0.25, 0.3) is 0 Å². The number of aromatic nitrogens is 6. The molecule has 3 aliphatic heterocycles. The molecule has 0 unspecified atom stereocenters. The van der Waals surface area contributed by atoms with Gasteiger partial charge < -0.3 is 39.0 Å². The topological polar surface area (TPSA) is 344 Å². The fourth-order valence-electron chi connectivity index (χ4n) is 13.3. The van der Waals surface area contributed by atoms with Crippen LogP contribution in [-0.2, 0) is 96.0 Å². The summed E-state index contributed by atoms with van der Waals surface area (Å²) in [5.41, 5.74) is 4.52. The number of carbonyl (C=O) groups is 3. The number of carboxylic acid groups (broad SMARTS) is 1. The third-order valence-electron chi connectivity index (χ3n) is 21.1. The van der Waals surface area contributed by atoms with E-state index in [1.54, 1.807) is 0 Å². The van der Waals surface area contributed by atoms with Crippen LogP contribution in [0, 0.1) is 0 Å². The van der Waals surface area contributed by atoms with Crippen LogP contribution in [0.1, 0.15) is 188 Å². The molecule has 0 bridgehead atoms. The third kappa shape index (κ3) is 20.6. The number of hydrogen-bond acceptors (Lipinski definition) is 25. The lowest BCUT2D eigenvalue weighted by Gasteiger charge is -2.44. The molecule has 6 heterocycles. The number of sulfone groups is 3. The van der Waals surface area contributed by atoms with Crippen molar-refractivity contribution in [2.24, 2.45) is 0 Å². The summed E-state index contributed by atoms with van der Waals surface area (Å²) in [6.07, 6.45) is 2.31. The molecule has 10 rings (SSSR count). The Morgan fingerprint density at radius 2 is 0.682 bits per heavy atom. The molecule has 4 N–H and O–H groups in total. The maximum absolute atomic E-state index is 13.4. The smallest absolute Gasteiger partial charge is 0.324 e. The number of hydrogen-bond donors (Lipinski definition) is 3. The number of anilines is 1. The molecule has 0 radical (unpaired) electrons. The summed E-state index contributed by atoms with van der Waals surface area (Å²) < 4.78 is 102. The quantitative estimate of drug-likeness (QED) is 0.0403. The van der Waals surface area contributed by atoms with Crippen LogP contribution in [0.15, 0.2) is 121 Å². The van der Waals surface area contributed by atoms with Gasteiger partial charge in [0, 0.05) is 69.1 Å². The van der Waals surface area contributed by atoms with Crippen LogP contribution < -0.4 is 26.5 Å². The largest absolute Gasteiger partial charge is 0.480 e. The second-order valence-electron chi connectivity index (χ2n) is 33.8. The predicted octanol–water partition coefficient (Wildman–Crippen LogP) is 10.6. The minimum Gasteiger partial charge on any atom is -0.480 e. The van der Waals surface area contributed by atoms with Gasteiger partial charge in [0.15, 0.2) is 45.8 Å². The van der Waals surface area contributed by atoms with Crippen molar-refractivity contribution in [3.63, 3.8) is 0 Å². The van der Waals surface area contributed by atoms with Crippen molar-refractivity contribution in [1.29, 1.82) is 0 Å². The van der Waals surface area contributed by atoms with Gasteiger partial charge in [-0.05, 0) is 111 Å². The lowest BCUT2D eigenvalue weighted by atomic mass is 9.96. The summed E-state index contributed by atoms with van der Waals surface area (Å²) in [6, 6.07) is 42.4. The Kier molecular flexibility index (Phi) is 30.6. The van der Waals surface area contributed by atoms with E-state index < -0.39 is 92.9 Å². The van der Waals surface area contributed by atoms with E-state index in [0.717, 1.165) is 10.0 Å². The molecule has 0 saturated carbocycles. The summed E-state index contributed by atoms with van der Waals surface area (Å²) in [5.74, 6) is -2.05. The number of carboxylic acids is 1. The van der Waals surface area contributed by atoms with Gasteiger partial charge >= 0.3 is 5.97 Å². The van der Waals surface area contributed by atoms with Crippen LogP contribution in [-0.4, -0.2) is 190 Å². The molecule has 0 amide bonds. The van der Waals surface area contributed by atoms with Crippen LogP contribution in [0.2, 0.25) is 10.1 Å². The lowest BCUT2D eigenvalue weighted by Crippen LogP contribution is -2.67. The van der Waals surface area contributed by atoms with Gasteiger partial charge in [-0.15, -0.1) is 53.3 Å². The number of nitrogens with two attached hydrogens (primary N) is 1. The van der Waals surface area contributed by atoms with Crippen molar-refractivity contribution in [3.8, 4) is 0 Å². The molecule has 3 aliphatic rings. The van der Waals surface area contributed by atoms with Crippen LogP contribution >= 0.6 is 34.0 Å². The standard InChI is InChI=1S/C32H44N2O5S2Si.C22H29N3OSSi.C16H26N2O5S2.C9H16O5S/c1-30(2,3)42(25-14-10-8-11-15-25,26-16-12-9-13-17-26)39-23-31(4,5)29-34-33-28(40-29)22-27(35)32(6,7)41(36,37)24-18-20-38-21-19-24;1-21(2,3)28(17-12-8-6-9-13-17,18-14-10-7-11-15-18)26-16-22(4,5)19-24-25-20(23)27-19;1-15(2,10-19)14-18-17-13(24-14)9-12(20)16(3,4)25(21,22)11-5-7-23-8-6-11;1-9(2,8(10)11)15(12,13)7-3-5-14-6-4-7/h8-17,24H,18-23H2,1-7H3;6-15H,16H2,1-5H3,(H2,23,25);11,19H,5-10H2,1-4H3;7H,3-6H2,1-2H3,(H,10,11). The minimum atomic E-state index is -3.68. The monoisotopic (exact) mass is 1670 g/mol. The van der Waals surface area contributed by atoms with E-state index in [1.807, 2.05) is 26.0 Å². The van der Waals surface area contributed by atoms with Crippen molar-refractivity contribution in [3.05, 3.63) is 146 Å². The molecule has 4 aromatic carbocycles. The Hall–Kier alpha value is -5.79. The summed E-state index contributed by atoms with van der Waals surface area (Å²) in [7, 11) is -16.3. The zero-order chi connectivity index (χ0) is 81.8. The number of rotatable bonds is 27. The molecule has 110 heavy (non-hydrogen) atoms. The van der Waals surface area contributed by atoms with Crippen LogP contribution in [0.3, 0.4) is 0 Å². The average molecular weight is 1670 g/mol. The maximum Gasteiger partial charge on any atom is 0.324 e. The van der Waals surface area contributed by atoms with Crippen molar-refractivity contribution < 1.29 is 72.9 Å². The number of aliphatic hydroxyl groups excluding tert-OH is 1. The normalized spacial score (nSPS) is 16.1. The molecular weight excluding hydrogens is 1550 g/mol. The van der Waals surface area contributed by atoms with Gasteiger partial charge in [0.25, 0.3) is 16.6 Å². The van der Waals surface area contributed by atoms with E-state index in [9.17, 15) is 44.7 Å². The van der Waals surface area contributed by atoms with E-state index in [-0.39, 0.29) is 46.5 Å². The number of aliphatic carboxylic acids is 1. The summed E-state index contributed by atoms with van der Waals surface area (Å²) in [6.45, 7) is 37.4. The van der Waals surface area contributed by atoms with Crippen molar-refractivity contribution in [1.82, 2.24) is 30.6 Å². The molecule has 3 fully saturated rings. The van der Waals surface area contributed by atoms with Gasteiger partial charge in [0.1, 0.15) is 34.5 Å². The van der Waals surface area contributed by atoms with Crippen LogP contribution in [0.5, 0.6) is 0 Å². The van der Waals surface area contributed by atoms with E-state index in [4.69, 9.17) is 33.9 Å². The first-order valence-corrected chi connectivity index (χ1v) is 48.1. The summed E-state index contributed by atoms with van der Waals surface area (Å²) in [5, 5.41) is 50.2. The van der Waals surface area contributed by atoms with Gasteiger partial charge in [-0.25, -0.2) is 25.3 Å². The maximum atomic E-state index is 13.4. The number of ether oxygens (including phenoxy) is 3. The Morgan fingerprint density at radius 3 is 0.936 bits per heavy atom. The Balaban J connectivity index is 0.000000216. The molecule has 0 atom stereocenters. The van der Waals surface area contributed by atoms with E-state index in [2.05, 4.69) is 209 Å². The molecule has 31 heteroatoms.